The van der Waals surface area contributed by atoms with Crippen LogP contribution in [0.4, 0.5) is 5.69 Å². The highest BCUT2D eigenvalue weighted by atomic mass is 79.9. The number of anilines is 1. The third-order valence-electron chi connectivity index (χ3n) is 6.64. The molecule has 5 rings (SSSR count). The Hall–Kier alpha value is -4.03. The van der Waals surface area contributed by atoms with E-state index in [9.17, 15) is 9.59 Å². The van der Waals surface area contributed by atoms with Gasteiger partial charge in [0.2, 0.25) is 0 Å². The quantitative estimate of drug-likeness (QED) is 0.210. The van der Waals surface area contributed by atoms with Gasteiger partial charge in [0.05, 0.1) is 10.9 Å². The molecule has 5 aromatic rings. The van der Waals surface area contributed by atoms with Crippen LogP contribution < -0.4 is 10.5 Å². The van der Waals surface area contributed by atoms with Crippen LogP contribution >= 0.6 is 15.9 Å². The minimum absolute atomic E-state index is 0.0725. The van der Waals surface area contributed by atoms with Crippen LogP contribution in [0.25, 0.3) is 22.3 Å². The summed E-state index contributed by atoms with van der Waals surface area (Å²) in [6, 6.07) is 30.7. The first-order valence-corrected chi connectivity index (χ1v) is 13.4. The molecule has 0 unspecified atom stereocenters. The third kappa shape index (κ3) is 5.31. The molecule has 0 radical (unpaired) electrons. The topological polar surface area (TPSA) is 55.2 Å². The van der Waals surface area contributed by atoms with Crippen molar-refractivity contribution in [3.63, 3.8) is 0 Å². The molecule has 6 heteroatoms. The molecule has 1 aromatic heterocycles. The average molecular weight is 566 g/mol. The first-order valence-electron chi connectivity index (χ1n) is 12.6. The van der Waals surface area contributed by atoms with Crippen molar-refractivity contribution in [1.29, 1.82) is 0 Å². The van der Waals surface area contributed by atoms with E-state index < -0.39 is 0 Å². The number of carbonyl (C=O) groups is 1. The Morgan fingerprint density at radius 3 is 2.34 bits per heavy atom. The Kier molecular flexibility index (Phi) is 7.52. The lowest BCUT2D eigenvalue weighted by atomic mass is 10.1. The van der Waals surface area contributed by atoms with Gasteiger partial charge in [-0.25, -0.2) is 4.98 Å². The van der Waals surface area contributed by atoms with Crippen molar-refractivity contribution in [2.24, 2.45) is 0 Å². The predicted octanol–water partition coefficient (Wildman–Crippen LogP) is 7.18. The normalized spacial score (nSPS) is 11.0. The molecule has 0 aliphatic carbocycles. The van der Waals surface area contributed by atoms with Gasteiger partial charge in [-0.1, -0.05) is 76.1 Å². The predicted molar refractivity (Wildman–Crippen MR) is 158 cm³/mol. The van der Waals surface area contributed by atoms with Crippen LogP contribution in [-0.4, -0.2) is 22.0 Å². The Morgan fingerprint density at radius 1 is 0.895 bits per heavy atom. The fraction of sp³-hybridized carbons (Fsp3) is 0.156. The summed E-state index contributed by atoms with van der Waals surface area (Å²) in [5, 5.41) is 0.587. The lowest BCUT2D eigenvalue weighted by molar-refractivity contribution is 0.0986. The zero-order chi connectivity index (χ0) is 26.6. The molecule has 1 amide bonds. The number of aryl methyl sites for hydroxylation is 2. The molecule has 1 heterocycles. The van der Waals surface area contributed by atoms with E-state index in [1.807, 2.05) is 110 Å². The fourth-order valence-corrected chi connectivity index (χ4v) is 5.02. The third-order valence-corrected chi connectivity index (χ3v) is 7.17. The van der Waals surface area contributed by atoms with Crippen LogP contribution in [0.3, 0.4) is 0 Å². The van der Waals surface area contributed by atoms with Crippen molar-refractivity contribution in [2.75, 3.05) is 11.4 Å². The molecular weight excluding hydrogens is 538 g/mol. The number of nitrogens with zero attached hydrogens (tertiary/aromatic N) is 3. The summed E-state index contributed by atoms with van der Waals surface area (Å²) in [4.78, 5) is 34.0. The summed E-state index contributed by atoms with van der Waals surface area (Å²) in [6.45, 7) is 4.94. The molecular formula is C32H28BrN3O2. The lowest BCUT2D eigenvalue weighted by Crippen LogP contribution is -2.34. The van der Waals surface area contributed by atoms with Gasteiger partial charge in [-0.05, 0) is 68.3 Å². The number of fused-ring (bicyclic) bond motifs is 1. The maximum atomic E-state index is 13.7. The van der Waals surface area contributed by atoms with E-state index in [1.54, 1.807) is 4.57 Å². The van der Waals surface area contributed by atoms with Crippen molar-refractivity contribution in [3.05, 3.63) is 129 Å². The number of rotatable bonds is 7. The van der Waals surface area contributed by atoms with E-state index in [0.717, 1.165) is 26.9 Å². The van der Waals surface area contributed by atoms with Crippen LogP contribution in [0.5, 0.6) is 0 Å². The maximum Gasteiger partial charge on any atom is 0.261 e. The molecule has 0 aliphatic heterocycles. The number of amides is 1. The monoisotopic (exact) mass is 565 g/mol. The number of para-hydroxylation sites is 1. The number of benzene rings is 4. The summed E-state index contributed by atoms with van der Waals surface area (Å²) in [5.41, 5.74) is 5.14. The minimum atomic E-state index is -0.0771. The van der Waals surface area contributed by atoms with Gasteiger partial charge >= 0.3 is 0 Å². The minimum Gasteiger partial charge on any atom is -0.308 e. The summed E-state index contributed by atoms with van der Waals surface area (Å²) in [6.07, 6.45) is 0.579. The number of aromatic nitrogens is 2. The summed E-state index contributed by atoms with van der Waals surface area (Å²) in [7, 11) is 0. The Morgan fingerprint density at radius 2 is 1.61 bits per heavy atom. The summed E-state index contributed by atoms with van der Waals surface area (Å²) >= 11 is 3.45. The van der Waals surface area contributed by atoms with Gasteiger partial charge in [0.1, 0.15) is 5.82 Å². The fourth-order valence-electron chi connectivity index (χ4n) is 4.76. The smallest absolute Gasteiger partial charge is 0.261 e. The van der Waals surface area contributed by atoms with Crippen molar-refractivity contribution >= 4 is 38.4 Å². The molecule has 0 saturated heterocycles. The number of hydrogen-bond acceptors (Lipinski definition) is 3. The molecule has 0 atom stereocenters. The number of hydrogen-bond donors (Lipinski definition) is 0. The number of halogens is 1. The molecule has 190 valence electrons. The molecule has 0 spiro atoms. The van der Waals surface area contributed by atoms with Crippen LogP contribution in [0.1, 0.15) is 27.9 Å². The zero-order valence-electron chi connectivity index (χ0n) is 21.4. The standard InChI is InChI=1S/C32H28BrN3O2/c1-22-13-18-29(23(2)21-22)35(31(37)25-14-16-26(33)17-15-25)19-8-20-36-30(24-9-4-3-5-10-24)34-28-12-7-6-11-27(28)32(36)38/h3-7,9-18,21H,8,19-20H2,1-2H3. The van der Waals surface area contributed by atoms with Gasteiger partial charge in [-0.2, -0.15) is 0 Å². The van der Waals surface area contributed by atoms with Crippen molar-refractivity contribution in [1.82, 2.24) is 9.55 Å². The highest BCUT2D eigenvalue weighted by molar-refractivity contribution is 9.10. The van der Waals surface area contributed by atoms with Crippen molar-refractivity contribution in [3.8, 4) is 11.4 Å². The molecule has 5 nitrogen and oxygen atoms in total. The second-order valence-electron chi connectivity index (χ2n) is 9.38. The van der Waals surface area contributed by atoms with Crippen molar-refractivity contribution in [2.45, 2.75) is 26.8 Å². The largest absolute Gasteiger partial charge is 0.308 e. The van der Waals surface area contributed by atoms with E-state index in [0.29, 0.717) is 41.8 Å². The second-order valence-corrected chi connectivity index (χ2v) is 10.3. The van der Waals surface area contributed by atoms with Crippen LogP contribution in [0.15, 0.2) is 106 Å². The Labute approximate surface area is 230 Å². The van der Waals surface area contributed by atoms with Crippen LogP contribution in [-0.2, 0) is 6.54 Å². The van der Waals surface area contributed by atoms with E-state index >= 15 is 0 Å². The highest BCUT2D eigenvalue weighted by Gasteiger charge is 2.20. The van der Waals surface area contributed by atoms with Gasteiger partial charge in [0, 0.05) is 34.4 Å². The molecule has 0 bridgehead atoms. The first kappa shape index (κ1) is 25.6. The molecule has 38 heavy (non-hydrogen) atoms. The van der Waals surface area contributed by atoms with Gasteiger partial charge in [0.25, 0.3) is 11.5 Å². The Bertz CT molecular complexity index is 1660. The molecule has 0 saturated carbocycles. The van der Waals surface area contributed by atoms with Gasteiger partial charge in [0.15, 0.2) is 0 Å². The van der Waals surface area contributed by atoms with Gasteiger partial charge < -0.3 is 4.90 Å². The van der Waals surface area contributed by atoms with Crippen LogP contribution in [0.2, 0.25) is 0 Å². The lowest BCUT2D eigenvalue weighted by Gasteiger charge is -2.25. The maximum absolute atomic E-state index is 13.7. The highest BCUT2D eigenvalue weighted by Crippen LogP contribution is 2.25. The van der Waals surface area contributed by atoms with Gasteiger partial charge in [-0.3, -0.25) is 14.2 Å². The van der Waals surface area contributed by atoms with E-state index in [4.69, 9.17) is 4.98 Å². The molecule has 0 N–H and O–H groups in total. The SMILES string of the molecule is Cc1ccc(N(CCCn2c(-c3ccccc3)nc3ccccc3c2=O)C(=O)c2ccc(Br)cc2)c(C)c1. The first-order chi connectivity index (χ1) is 18.4. The zero-order valence-corrected chi connectivity index (χ0v) is 23.0. The molecule has 0 aliphatic rings. The van der Waals surface area contributed by atoms with E-state index in [-0.39, 0.29) is 11.5 Å². The van der Waals surface area contributed by atoms with Crippen molar-refractivity contribution < 1.29 is 4.79 Å². The number of carbonyl (C=O) groups excluding carboxylic acids is 1. The second kappa shape index (κ2) is 11.2. The average Bonchev–Trinajstić information content (AvgIpc) is 2.93. The molecule has 0 fully saturated rings. The summed E-state index contributed by atoms with van der Waals surface area (Å²) < 4.78 is 2.66. The van der Waals surface area contributed by atoms with E-state index in [2.05, 4.69) is 22.0 Å². The van der Waals surface area contributed by atoms with Crippen LogP contribution in [0, 0.1) is 13.8 Å². The molecule has 4 aromatic carbocycles. The van der Waals surface area contributed by atoms with E-state index in [1.165, 1.54) is 0 Å². The van der Waals surface area contributed by atoms with Gasteiger partial charge in [-0.15, -0.1) is 0 Å². The summed E-state index contributed by atoms with van der Waals surface area (Å²) in [5.74, 6) is 0.559. The Balaban J connectivity index is 1.50.